The van der Waals surface area contributed by atoms with E-state index in [1.807, 2.05) is 78.9 Å². The monoisotopic (exact) mass is 335 g/mol. The quantitative estimate of drug-likeness (QED) is 0.570. The van der Waals surface area contributed by atoms with Crippen LogP contribution < -0.4 is 0 Å². The fourth-order valence-corrected chi connectivity index (χ4v) is 3.78. The van der Waals surface area contributed by atoms with Crippen LogP contribution in [0.1, 0.15) is 5.56 Å². The van der Waals surface area contributed by atoms with Crippen LogP contribution in [0.4, 0.5) is 0 Å². The van der Waals surface area contributed by atoms with Crippen molar-refractivity contribution >= 4 is 17.8 Å². The summed E-state index contributed by atoms with van der Waals surface area (Å²) in [6.45, 7) is 0. The average Bonchev–Trinajstić information content (AvgIpc) is 2.63. The predicted molar refractivity (Wildman–Crippen MR) is 99.6 cm³/mol. The maximum atomic E-state index is 12.0. The van der Waals surface area contributed by atoms with Gasteiger partial charge in [-0.3, -0.25) is 10.1 Å². The molecule has 0 amide bonds. The Morgan fingerprint density at radius 1 is 1.00 bits per heavy atom. The summed E-state index contributed by atoms with van der Waals surface area (Å²) in [6, 6.07) is 19.4. The van der Waals surface area contributed by atoms with Gasteiger partial charge in [0.25, 0.3) is 5.54 Å². The molecule has 2 aromatic rings. The summed E-state index contributed by atoms with van der Waals surface area (Å²) in [7, 11) is 0. The van der Waals surface area contributed by atoms with Crippen LogP contribution in [0.5, 0.6) is 0 Å². The van der Waals surface area contributed by atoms with Crippen molar-refractivity contribution in [3.05, 3.63) is 107 Å². The molecule has 0 bridgehead atoms. The number of allylic oxidation sites excluding steroid dienone is 2. The molecule has 0 spiro atoms. The summed E-state index contributed by atoms with van der Waals surface area (Å²) < 4.78 is 0. The van der Waals surface area contributed by atoms with Crippen LogP contribution in [0.25, 0.3) is 6.08 Å². The Balaban J connectivity index is 1.93. The predicted octanol–water partition coefficient (Wildman–Crippen LogP) is 5.00. The lowest BCUT2D eigenvalue weighted by atomic mass is 9.90. The van der Waals surface area contributed by atoms with Gasteiger partial charge in [0.1, 0.15) is 5.25 Å². The van der Waals surface area contributed by atoms with Gasteiger partial charge >= 0.3 is 0 Å². The van der Waals surface area contributed by atoms with Crippen molar-refractivity contribution in [1.29, 1.82) is 0 Å². The topological polar surface area (TPSA) is 43.1 Å². The van der Waals surface area contributed by atoms with Crippen molar-refractivity contribution in [2.75, 3.05) is 0 Å². The first kappa shape index (κ1) is 16.3. The van der Waals surface area contributed by atoms with Crippen LogP contribution in [0.2, 0.25) is 0 Å². The molecule has 2 unspecified atom stereocenters. The number of rotatable bonds is 5. The van der Waals surface area contributed by atoms with Crippen molar-refractivity contribution in [2.24, 2.45) is 0 Å². The van der Waals surface area contributed by atoms with Crippen LogP contribution in [0.15, 0.2) is 95.9 Å². The Hall–Kier alpha value is -2.59. The SMILES string of the molecule is O=[N+]([O-])C1(C=Cc2ccccc2)C=CC=CC1Sc1ccccc1. The first-order chi connectivity index (χ1) is 11.7. The van der Waals surface area contributed by atoms with Crippen LogP contribution in [-0.4, -0.2) is 15.7 Å². The molecule has 0 N–H and O–H groups in total. The number of hydrogen-bond donors (Lipinski definition) is 0. The third-order valence-electron chi connectivity index (χ3n) is 3.88. The zero-order valence-corrected chi connectivity index (χ0v) is 13.8. The highest BCUT2D eigenvalue weighted by molar-refractivity contribution is 8.00. The van der Waals surface area contributed by atoms with Crippen LogP contribution in [-0.2, 0) is 0 Å². The third kappa shape index (κ3) is 3.49. The molecule has 2 atom stereocenters. The van der Waals surface area contributed by atoms with Gasteiger partial charge in [0.15, 0.2) is 0 Å². The maximum absolute atomic E-state index is 12.0. The summed E-state index contributed by atoms with van der Waals surface area (Å²) >= 11 is 1.50. The minimum atomic E-state index is -1.26. The van der Waals surface area contributed by atoms with E-state index in [9.17, 15) is 10.1 Å². The van der Waals surface area contributed by atoms with E-state index in [0.29, 0.717) is 0 Å². The first-order valence-electron chi connectivity index (χ1n) is 7.67. The molecule has 0 fully saturated rings. The van der Waals surface area contributed by atoms with Crippen molar-refractivity contribution < 1.29 is 4.92 Å². The van der Waals surface area contributed by atoms with Gasteiger partial charge in [-0.1, -0.05) is 72.8 Å². The normalized spacial score (nSPS) is 22.8. The summed E-state index contributed by atoms with van der Waals surface area (Å²) in [4.78, 5) is 12.8. The highest BCUT2D eigenvalue weighted by Gasteiger charge is 2.46. The molecule has 1 aliphatic rings. The molecule has 1 aliphatic carbocycles. The van der Waals surface area contributed by atoms with E-state index in [1.165, 1.54) is 11.8 Å². The van der Waals surface area contributed by atoms with Crippen LogP contribution in [0.3, 0.4) is 0 Å². The first-order valence-corrected chi connectivity index (χ1v) is 8.55. The standard InChI is InChI=1S/C20H17NO2S/c22-21(23)20(16-14-17-9-3-1-4-10-17)15-8-7-13-19(20)24-18-11-5-2-6-12-18/h1-16,19H. The summed E-state index contributed by atoms with van der Waals surface area (Å²) in [5, 5.41) is 11.6. The van der Waals surface area contributed by atoms with Gasteiger partial charge in [-0.05, 0) is 29.8 Å². The van der Waals surface area contributed by atoms with Gasteiger partial charge in [-0.15, -0.1) is 11.8 Å². The third-order valence-corrected chi connectivity index (χ3v) is 5.21. The summed E-state index contributed by atoms with van der Waals surface area (Å²) in [5.74, 6) is 0. The number of benzene rings is 2. The fourth-order valence-electron chi connectivity index (χ4n) is 2.57. The molecule has 4 heteroatoms. The molecule has 120 valence electrons. The molecule has 0 aromatic heterocycles. The van der Waals surface area contributed by atoms with E-state index in [-0.39, 0.29) is 10.2 Å². The Morgan fingerprint density at radius 3 is 2.33 bits per heavy atom. The van der Waals surface area contributed by atoms with E-state index in [1.54, 1.807) is 18.2 Å². The van der Waals surface area contributed by atoms with E-state index in [4.69, 9.17) is 0 Å². The second-order valence-corrected chi connectivity index (χ2v) is 6.70. The minimum absolute atomic E-state index is 0.201. The Labute approximate surface area is 145 Å². The second-order valence-electron chi connectivity index (χ2n) is 5.48. The lowest BCUT2D eigenvalue weighted by Gasteiger charge is -2.27. The average molecular weight is 335 g/mol. The summed E-state index contributed by atoms with van der Waals surface area (Å²) in [5.41, 5.74) is -0.310. The second kappa shape index (κ2) is 7.32. The molecule has 2 aromatic carbocycles. The summed E-state index contributed by atoms with van der Waals surface area (Å²) in [6.07, 6.45) is 10.7. The van der Waals surface area contributed by atoms with E-state index < -0.39 is 5.54 Å². The Kier molecular flexibility index (Phi) is 4.96. The Morgan fingerprint density at radius 2 is 1.67 bits per heavy atom. The smallest absolute Gasteiger partial charge is 0.263 e. The lowest BCUT2D eigenvalue weighted by molar-refractivity contribution is -0.538. The van der Waals surface area contributed by atoms with Crippen LogP contribution >= 0.6 is 11.8 Å². The molecule has 0 heterocycles. The molecular weight excluding hydrogens is 318 g/mol. The number of hydrogen-bond acceptors (Lipinski definition) is 3. The van der Waals surface area contributed by atoms with E-state index in [0.717, 1.165) is 10.5 Å². The molecule has 3 nitrogen and oxygen atoms in total. The van der Waals surface area contributed by atoms with Gasteiger partial charge < -0.3 is 0 Å². The highest BCUT2D eigenvalue weighted by Crippen LogP contribution is 2.37. The molecule has 0 saturated heterocycles. The zero-order chi connectivity index (χ0) is 16.8. The van der Waals surface area contributed by atoms with Crippen molar-refractivity contribution in [2.45, 2.75) is 15.7 Å². The van der Waals surface area contributed by atoms with Gasteiger partial charge in [-0.2, -0.15) is 0 Å². The zero-order valence-electron chi connectivity index (χ0n) is 13.0. The van der Waals surface area contributed by atoms with Gasteiger partial charge in [-0.25, -0.2) is 0 Å². The van der Waals surface area contributed by atoms with E-state index in [2.05, 4.69) is 0 Å². The lowest BCUT2D eigenvalue weighted by Crippen LogP contribution is -2.44. The molecule has 24 heavy (non-hydrogen) atoms. The number of thioether (sulfide) groups is 1. The highest BCUT2D eigenvalue weighted by atomic mass is 32.2. The number of nitro groups is 1. The number of nitrogens with zero attached hydrogens (tertiary/aromatic N) is 1. The van der Waals surface area contributed by atoms with Gasteiger partial charge in [0.2, 0.25) is 0 Å². The molecule has 0 aliphatic heterocycles. The molecular formula is C20H17NO2S. The van der Waals surface area contributed by atoms with Crippen molar-refractivity contribution in [3.63, 3.8) is 0 Å². The van der Waals surface area contributed by atoms with Gasteiger partial charge in [0, 0.05) is 9.82 Å². The fraction of sp³-hybridized carbons (Fsp3) is 0.100. The molecule has 0 saturated carbocycles. The van der Waals surface area contributed by atoms with Gasteiger partial charge in [0.05, 0.1) is 0 Å². The minimum Gasteiger partial charge on any atom is -0.263 e. The van der Waals surface area contributed by atoms with E-state index >= 15 is 0 Å². The Bertz CT molecular complexity index is 784. The molecule has 0 radical (unpaired) electrons. The van der Waals surface area contributed by atoms with Crippen molar-refractivity contribution in [3.8, 4) is 0 Å². The van der Waals surface area contributed by atoms with Crippen molar-refractivity contribution in [1.82, 2.24) is 0 Å². The van der Waals surface area contributed by atoms with Crippen LogP contribution in [0, 0.1) is 10.1 Å². The largest absolute Gasteiger partial charge is 0.274 e. The maximum Gasteiger partial charge on any atom is 0.274 e. The molecule has 3 rings (SSSR count).